The molecule has 1 atom stereocenters. The average Bonchev–Trinajstić information content (AvgIpc) is 2.41. The highest BCUT2D eigenvalue weighted by Gasteiger charge is 2.51. The van der Waals surface area contributed by atoms with Gasteiger partial charge in [-0.15, -0.1) is 0 Å². The van der Waals surface area contributed by atoms with Crippen molar-refractivity contribution in [2.75, 3.05) is 0 Å². The van der Waals surface area contributed by atoms with Crippen molar-refractivity contribution in [2.24, 2.45) is 0 Å². The van der Waals surface area contributed by atoms with Gasteiger partial charge in [0.25, 0.3) is 0 Å². The summed E-state index contributed by atoms with van der Waals surface area (Å²) in [6, 6.07) is 10.8. The van der Waals surface area contributed by atoms with E-state index >= 15 is 0 Å². The number of amides is 1. The second kappa shape index (κ2) is 6.57. The first-order valence-electron chi connectivity index (χ1n) is 7.93. The molecule has 1 heterocycles. The van der Waals surface area contributed by atoms with Crippen molar-refractivity contribution in [1.82, 2.24) is 4.31 Å². The molecular formula is C16H24ClNO3SSi. The fourth-order valence-electron chi connectivity index (χ4n) is 3.98. The molecule has 1 unspecified atom stereocenters. The monoisotopic (exact) mass is 373 g/mol. The minimum absolute atomic E-state index is 0.271. The summed E-state index contributed by atoms with van der Waals surface area (Å²) in [6.45, 7) is 8.83. The van der Waals surface area contributed by atoms with Crippen molar-refractivity contribution in [1.29, 1.82) is 0 Å². The van der Waals surface area contributed by atoms with Crippen LogP contribution in [0.3, 0.4) is 0 Å². The predicted octanol–water partition coefficient (Wildman–Crippen LogP) is 3.25. The number of benzene rings is 1. The molecule has 0 aromatic heterocycles. The second-order valence-corrected chi connectivity index (χ2v) is 14.7. The lowest BCUT2D eigenvalue weighted by atomic mass is 10.1. The Balaban J connectivity index is 2.43. The van der Waals surface area contributed by atoms with E-state index in [2.05, 4.69) is 39.8 Å². The molecule has 0 saturated carbocycles. The van der Waals surface area contributed by atoms with E-state index in [1.165, 1.54) is 5.19 Å². The zero-order valence-electron chi connectivity index (χ0n) is 14.0. The predicted molar refractivity (Wildman–Crippen MR) is 96.9 cm³/mol. The van der Waals surface area contributed by atoms with E-state index in [0.29, 0.717) is 11.1 Å². The van der Waals surface area contributed by atoms with E-state index in [-0.39, 0.29) is 12.5 Å². The van der Waals surface area contributed by atoms with Crippen LogP contribution in [0.4, 0.5) is 0 Å². The SMILES string of the molecule is CC(C)[Si](CC1CC(=O)N1S(=O)(=O)Cl)(c1ccccc1)C(C)C. The molecular weight excluding hydrogens is 350 g/mol. The number of nitrogens with zero attached hydrogens (tertiary/aromatic N) is 1. The molecule has 2 rings (SSSR count). The van der Waals surface area contributed by atoms with Crippen LogP contribution >= 0.6 is 10.7 Å². The number of carbonyl (C=O) groups is 1. The standard InChI is InChI=1S/C16H24ClNO3SSi/c1-12(2)23(13(3)4,15-8-6-5-7-9-15)11-14-10-16(19)18(14)22(17,20)21/h5-9,12-14H,10-11H2,1-4H3. The highest BCUT2D eigenvalue weighted by atomic mass is 35.7. The molecule has 1 aromatic carbocycles. The zero-order chi connectivity index (χ0) is 17.4. The van der Waals surface area contributed by atoms with Gasteiger partial charge in [0, 0.05) is 17.1 Å². The number of halogens is 1. The van der Waals surface area contributed by atoms with E-state index in [9.17, 15) is 13.2 Å². The van der Waals surface area contributed by atoms with Gasteiger partial charge in [0.05, 0.1) is 14.1 Å². The Morgan fingerprint density at radius 3 is 2.09 bits per heavy atom. The van der Waals surface area contributed by atoms with Crippen LogP contribution in [-0.4, -0.2) is 32.7 Å². The Bertz CT molecular complexity index is 668. The van der Waals surface area contributed by atoms with Crippen LogP contribution in [0.2, 0.25) is 17.1 Å². The molecule has 1 aliphatic heterocycles. The molecule has 0 bridgehead atoms. The van der Waals surface area contributed by atoms with Gasteiger partial charge >= 0.3 is 9.24 Å². The second-order valence-electron chi connectivity index (χ2n) is 6.91. The number of hydrogen-bond donors (Lipinski definition) is 0. The third kappa shape index (κ3) is 3.34. The van der Waals surface area contributed by atoms with Gasteiger partial charge in [-0.3, -0.25) is 4.79 Å². The van der Waals surface area contributed by atoms with Crippen molar-refractivity contribution < 1.29 is 13.2 Å². The topological polar surface area (TPSA) is 54.5 Å². The largest absolute Gasteiger partial charge is 0.324 e. The van der Waals surface area contributed by atoms with E-state index in [4.69, 9.17) is 10.7 Å². The van der Waals surface area contributed by atoms with Crippen LogP contribution in [0.15, 0.2) is 30.3 Å². The van der Waals surface area contributed by atoms with Gasteiger partial charge in [-0.25, -0.2) is 4.31 Å². The molecule has 7 heteroatoms. The van der Waals surface area contributed by atoms with Crippen LogP contribution in [-0.2, 0) is 14.0 Å². The molecule has 1 fully saturated rings. The third-order valence-electron chi connectivity index (χ3n) is 5.17. The summed E-state index contributed by atoms with van der Waals surface area (Å²) in [5, 5.41) is 1.32. The van der Waals surface area contributed by atoms with Crippen LogP contribution in [0, 0.1) is 0 Å². The number of carbonyl (C=O) groups excluding carboxylic acids is 1. The van der Waals surface area contributed by atoms with Crippen molar-refractivity contribution in [3.05, 3.63) is 30.3 Å². The highest BCUT2D eigenvalue weighted by Crippen LogP contribution is 2.41. The zero-order valence-corrected chi connectivity index (χ0v) is 16.6. The van der Waals surface area contributed by atoms with Gasteiger partial charge in [0.15, 0.2) is 0 Å². The maximum atomic E-state index is 11.7. The van der Waals surface area contributed by atoms with Crippen molar-refractivity contribution >= 4 is 39.1 Å². The number of β-lactam (4-membered cyclic amide) rings is 1. The van der Waals surface area contributed by atoms with Gasteiger partial charge in [-0.1, -0.05) is 63.2 Å². The number of hydrogen-bond acceptors (Lipinski definition) is 3. The van der Waals surface area contributed by atoms with Crippen LogP contribution in [0.5, 0.6) is 0 Å². The van der Waals surface area contributed by atoms with Crippen molar-refractivity contribution in [2.45, 2.75) is 57.3 Å². The van der Waals surface area contributed by atoms with E-state index in [1.807, 2.05) is 18.2 Å². The molecule has 0 N–H and O–H groups in total. The molecule has 1 saturated heterocycles. The van der Waals surface area contributed by atoms with Gasteiger partial charge in [-0.05, 0) is 17.1 Å². The van der Waals surface area contributed by atoms with E-state index in [0.717, 1.165) is 10.3 Å². The number of rotatable bonds is 6. The normalized spacial score (nSPS) is 19.3. The van der Waals surface area contributed by atoms with Crippen LogP contribution in [0.25, 0.3) is 0 Å². The van der Waals surface area contributed by atoms with E-state index in [1.54, 1.807) is 0 Å². The lowest BCUT2D eigenvalue weighted by molar-refractivity contribution is -0.136. The average molecular weight is 374 g/mol. The highest BCUT2D eigenvalue weighted by molar-refractivity contribution is 8.12. The summed E-state index contributed by atoms with van der Waals surface area (Å²) in [6.07, 6.45) is 0.271. The smallest absolute Gasteiger partial charge is 0.274 e. The molecule has 1 amide bonds. The minimum Gasteiger partial charge on any atom is -0.274 e. The minimum atomic E-state index is -3.99. The Labute approximate surface area is 144 Å². The van der Waals surface area contributed by atoms with Crippen molar-refractivity contribution in [3.63, 3.8) is 0 Å². The molecule has 0 spiro atoms. The first-order chi connectivity index (χ1) is 10.6. The van der Waals surface area contributed by atoms with Crippen LogP contribution in [0.1, 0.15) is 34.1 Å². The molecule has 23 heavy (non-hydrogen) atoms. The van der Waals surface area contributed by atoms with Gasteiger partial charge < -0.3 is 0 Å². The molecule has 4 nitrogen and oxygen atoms in total. The third-order valence-corrected chi connectivity index (χ3v) is 13.3. The summed E-state index contributed by atoms with van der Waals surface area (Å²) >= 11 is 0. The molecule has 128 valence electrons. The summed E-state index contributed by atoms with van der Waals surface area (Å²) in [4.78, 5) is 11.7. The quantitative estimate of drug-likeness (QED) is 0.437. The van der Waals surface area contributed by atoms with Gasteiger partial charge in [-0.2, -0.15) is 8.42 Å². The lowest BCUT2D eigenvalue weighted by Gasteiger charge is -2.47. The lowest BCUT2D eigenvalue weighted by Crippen LogP contribution is -2.62. The Morgan fingerprint density at radius 2 is 1.70 bits per heavy atom. The fraction of sp³-hybridized carbons (Fsp3) is 0.562. The first kappa shape index (κ1) is 18.5. The van der Waals surface area contributed by atoms with Crippen LogP contribution < -0.4 is 5.19 Å². The summed E-state index contributed by atoms with van der Waals surface area (Å²) < 4.78 is 24.2. The fourth-order valence-corrected chi connectivity index (χ4v) is 11.3. The molecule has 0 radical (unpaired) electrons. The molecule has 0 aliphatic carbocycles. The summed E-state index contributed by atoms with van der Waals surface area (Å²) in [5.74, 6) is -0.395. The first-order valence-corrected chi connectivity index (χ1v) is 12.6. The summed E-state index contributed by atoms with van der Waals surface area (Å²) in [7, 11) is -0.567. The molecule has 1 aliphatic rings. The maximum absolute atomic E-state index is 11.7. The van der Waals surface area contributed by atoms with Gasteiger partial charge in [0.2, 0.25) is 5.91 Å². The maximum Gasteiger partial charge on any atom is 0.324 e. The molecule has 1 aromatic rings. The Morgan fingerprint density at radius 1 is 1.17 bits per heavy atom. The van der Waals surface area contributed by atoms with E-state index < -0.39 is 23.2 Å². The Hall–Kier alpha value is -0.853. The van der Waals surface area contributed by atoms with Gasteiger partial charge in [0.1, 0.15) is 0 Å². The summed E-state index contributed by atoms with van der Waals surface area (Å²) in [5.41, 5.74) is 0.862. The Kier molecular flexibility index (Phi) is 5.28. The van der Waals surface area contributed by atoms with Crippen molar-refractivity contribution in [3.8, 4) is 0 Å².